The summed E-state index contributed by atoms with van der Waals surface area (Å²) in [5, 5.41) is 0. The minimum absolute atomic E-state index is 0.514. The zero-order valence-electron chi connectivity index (χ0n) is 6.26. The van der Waals surface area contributed by atoms with Gasteiger partial charge in [0, 0.05) is 19.7 Å². The second kappa shape index (κ2) is 3.18. The lowest BCUT2D eigenvalue weighted by atomic mass is 10.3. The number of rotatable bonds is 2. The van der Waals surface area contributed by atoms with Crippen molar-refractivity contribution in [2.75, 3.05) is 26.7 Å². The Kier molecular flexibility index (Phi) is 2.49. The first kappa shape index (κ1) is 7.03. The van der Waals surface area contributed by atoms with E-state index in [1.165, 1.54) is 13.0 Å². The van der Waals surface area contributed by atoms with E-state index in [-0.39, 0.29) is 0 Å². The molecule has 0 saturated carbocycles. The molecule has 54 valence electrons. The molecule has 0 N–H and O–H groups in total. The van der Waals surface area contributed by atoms with Gasteiger partial charge in [-0.3, -0.25) is 0 Å². The molecule has 9 heavy (non-hydrogen) atoms. The molecule has 1 atom stereocenters. The van der Waals surface area contributed by atoms with Gasteiger partial charge in [-0.05, 0) is 20.4 Å². The van der Waals surface area contributed by atoms with Gasteiger partial charge in [0.15, 0.2) is 0 Å². The van der Waals surface area contributed by atoms with Crippen LogP contribution in [0.4, 0.5) is 0 Å². The Labute approximate surface area is 56.8 Å². The molecule has 1 aliphatic heterocycles. The van der Waals surface area contributed by atoms with Crippen molar-refractivity contribution in [2.24, 2.45) is 0 Å². The molecule has 1 rings (SSSR count). The normalized spacial score (nSPS) is 29.3. The number of nitrogens with zero attached hydrogens (tertiary/aromatic N) is 1. The van der Waals surface area contributed by atoms with Crippen LogP contribution in [0.15, 0.2) is 0 Å². The van der Waals surface area contributed by atoms with E-state index in [0.29, 0.717) is 6.10 Å². The summed E-state index contributed by atoms with van der Waals surface area (Å²) in [4.78, 5) is 2.31. The van der Waals surface area contributed by atoms with Gasteiger partial charge >= 0.3 is 0 Å². The van der Waals surface area contributed by atoms with Crippen LogP contribution in [0.2, 0.25) is 0 Å². The summed E-state index contributed by atoms with van der Waals surface area (Å²) in [5.74, 6) is 0. The zero-order chi connectivity index (χ0) is 6.69. The van der Waals surface area contributed by atoms with E-state index in [1.807, 2.05) is 0 Å². The van der Waals surface area contributed by atoms with Gasteiger partial charge in [-0.25, -0.2) is 0 Å². The Hall–Kier alpha value is -0.0800. The summed E-state index contributed by atoms with van der Waals surface area (Å²) in [6, 6.07) is 0. The van der Waals surface area contributed by atoms with Crippen LogP contribution < -0.4 is 0 Å². The Morgan fingerprint density at radius 2 is 2.44 bits per heavy atom. The number of likely N-dealkylation sites (tertiary alicyclic amines) is 1. The molecule has 0 radical (unpaired) electrons. The highest BCUT2D eigenvalue weighted by atomic mass is 16.5. The van der Waals surface area contributed by atoms with Crippen molar-refractivity contribution in [1.82, 2.24) is 4.90 Å². The van der Waals surface area contributed by atoms with Gasteiger partial charge < -0.3 is 9.64 Å². The molecule has 0 spiro atoms. The highest BCUT2D eigenvalue weighted by Crippen LogP contribution is 2.09. The van der Waals surface area contributed by atoms with E-state index < -0.39 is 0 Å². The maximum absolute atomic E-state index is 5.43. The van der Waals surface area contributed by atoms with Gasteiger partial charge in [0.05, 0.1) is 6.10 Å². The third-order valence-corrected chi connectivity index (χ3v) is 1.75. The van der Waals surface area contributed by atoms with Crippen molar-refractivity contribution in [3.8, 4) is 0 Å². The van der Waals surface area contributed by atoms with Crippen LogP contribution in [0.1, 0.15) is 13.3 Å². The second-order valence-electron chi connectivity index (χ2n) is 2.63. The molecule has 1 saturated heterocycles. The quantitative estimate of drug-likeness (QED) is 0.545. The Morgan fingerprint density at radius 3 is 2.89 bits per heavy atom. The highest BCUT2D eigenvalue weighted by Gasteiger charge is 2.18. The fourth-order valence-electron chi connectivity index (χ4n) is 1.27. The maximum atomic E-state index is 5.43. The monoisotopic (exact) mass is 129 g/mol. The van der Waals surface area contributed by atoms with Gasteiger partial charge in [-0.1, -0.05) is 0 Å². The molecule has 0 bridgehead atoms. The Morgan fingerprint density at radius 1 is 1.67 bits per heavy atom. The summed E-state index contributed by atoms with van der Waals surface area (Å²) < 4.78 is 5.43. The van der Waals surface area contributed by atoms with Crippen LogP contribution in [0, 0.1) is 0 Å². The Balaban J connectivity index is 2.14. The van der Waals surface area contributed by atoms with Crippen molar-refractivity contribution in [1.29, 1.82) is 0 Å². The molecule has 1 heterocycles. The number of likely N-dealkylation sites (N-methyl/N-ethyl adjacent to an activating group) is 1. The van der Waals surface area contributed by atoms with Gasteiger partial charge in [0.25, 0.3) is 0 Å². The molecule has 0 aromatic heterocycles. The number of hydrogen-bond acceptors (Lipinski definition) is 2. The average molecular weight is 129 g/mol. The molecule has 2 heteroatoms. The average Bonchev–Trinajstić information content (AvgIpc) is 2.17. The van der Waals surface area contributed by atoms with Crippen LogP contribution in [-0.4, -0.2) is 37.7 Å². The van der Waals surface area contributed by atoms with E-state index >= 15 is 0 Å². The summed E-state index contributed by atoms with van der Waals surface area (Å²) in [5.41, 5.74) is 0. The fourth-order valence-corrected chi connectivity index (χ4v) is 1.27. The van der Waals surface area contributed by atoms with E-state index in [1.54, 1.807) is 0 Å². The van der Waals surface area contributed by atoms with Crippen LogP contribution in [0.3, 0.4) is 0 Å². The van der Waals surface area contributed by atoms with E-state index in [9.17, 15) is 0 Å². The fraction of sp³-hybridized carbons (Fsp3) is 1.00. The largest absolute Gasteiger partial charge is 0.377 e. The van der Waals surface area contributed by atoms with Gasteiger partial charge in [0.1, 0.15) is 0 Å². The molecule has 0 aromatic carbocycles. The molecular weight excluding hydrogens is 114 g/mol. The second-order valence-corrected chi connectivity index (χ2v) is 2.63. The van der Waals surface area contributed by atoms with Crippen molar-refractivity contribution in [3.05, 3.63) is 0 Å². The molecule has 0 aromatic rings. The summed E-state index contributed by atoms with van der Waals surface area (Å²) >= 11 is 0. The van der Waals surface area contributed by atoms with Gasteiger partial charge in [-0.2, -0.15) is 0 Å². The molecule has 1 unspecified atom stereocenters. The SMILES string of the molecule is CCOC1CCN(C)C1. The van der Waals surface area contributed by atoms with Crippen molar-refractivity contribution in [2.45, 2.75) is 19.4 Å². The highest BCUT2D eigenvalue weighted by molar-refractivity contribution is 4.72. The van der Waals surface area contributed by atoms with Crippen LogP contribution in [0.25, 0.3) is 0 Å². The molecule has 2 nitrogen and oxygen atoms in total. The van der Waals surface area contributed by atoms with E-state index in [2.05, 4.69) is 18.9 Å². The van der Waals surface area contributed by atoms with Crippen molar-refractivity contribution < 1.29 is 4.74 Å². The predicted molar refractivity (Wildman–Crippen MR) is 37.5 cm³/mol. The lowest BCUT2D eigenvalue weighted by Crippen LogP contribution is -2.18. The summed E-state index contributed by atoms with van der Waals surface area (Å²) in [6.07, 6.45) is 1.73. The first-order valence-electron chi connectivity index (χ1n) is 3.63. The topological polar surface area (TPSA) is 12.5 Å². The lowest BCUT2D eigenvalue weighted by Gasteiger charge is -2.09. The third-order valence-electron chi connectivity index (χ3n) is 1.75. The molecule has 1 aliphatic rings. The predicted octanol–water partition coefficient (Wildman–Crippen LogP) is 0.727. The van der Waals surface area contributed by atoms with E-state index in [0.717, 1.165) is 13.2 Å². The first-order valence-corrected chi connectivity index (χ1v) is 3.63. The smallest absolute Gasteiger partial charge is 0.0713 e. The number of ether oxygens (including phenoxy) is 1. The first-order chi connectivity index (χ1) is 4.33. The van der Waals surface area contributed by atoms with E-state index in [4.69, 9.17) is 4.74 Å². The van der Waals surface area contributed by atoms with Crippen LogP contribution >= 0.6 is 0 Å². The molecule has 0 aliphatic carbocycles. The van der Waals surface area contributed by atoms with Gasteiger partial charge in [0.2, 0.25) is 0 Å². The molecule has 0 amide bonds. The van der Waals surface area contributed by atoms with Gasteiger partial charge in [-0.15, -0.1) is 0 Å². The lowest BCUT2D eigenvalue weighted by molar-refractivity contribution is 0.0709. The maximum Gasteiger partial charge on any atom is 0.0713 e. The zero-order valence-corrected chi connectivity index (χ0v) is 6.26. The van der Waals surface area contributed by atoms with Crippen molar-refractivity contribution >= 4 is 0 Å². The van der Waals surface area contributed by atoms with Crippen molar-refractivity contribution in [3.63, 3.8) is 0 Å². The minimum Gasteiger partial charge on any atom is -0.377 e. The minimum atomic E-state index is 0.514. The van der Waals surface area contributed by atoms with Crippen LogP contribution in [-0.2, 0) is 4.74 Å². The Bertz CT molecular complexity index is 83.0. The molecule has 1 fully saturated rings. The molecular formula is C7H15NO. The number of hydrogen-bond donors (Lipinski definition) is 0. The third kappa shape index (κ3) is 1.95. The standard InChI is InChI=1S/C7H15NO/c1-3-9-7-4-5-8(2)6-7/h7H,3-6H2,1-2H3. The summed E-state index contributed by atoms with van der Waals surface area (Å²) in [6.45, 7) is 5.23. The van der Waals surface area contributed by atoms with Crippen LogP contribution in [0.5, 0.6) is 0 Å². The summed E-state index contributed by atoms with van der Waals surface area (Å²) in [7, 11) is 2.14.